The summed E-state index contributed by atoms with van der Waals surface area (Å²) in [5.41, 5.74) is 1.32. The van der Waals surface area contributed by atoms with Crippen molar-refractivity contribution in [1.82, 2.24) is 4.90 Å². The first kappa shape index (κ1) is 18.3. The molecule has 0 aromatic heterocycles. The molecule has 0 radical (unpaired) electrons. The molecule has 0 heterocycles. The maximum Gasteiger partial charge on any atom is 0.0374 e. The first-order valence-corrected chi connectivity index (χ1v) is 7.58. The monoisotopic (exact) mass is 265 g/mol. The molecule has 112 valence electrons. The minimum Gasteiger partial charge on any atom is -0.362 e. The van der Waals surface area contributed by atoms with Crippen LogP contribution in [0.25, 0.3) is 0 Å². The molecule has 0 aliphatic rings. The van der Waals surface area contributed by atoms with Crippen molar-refractivity contribution < 1.29 is 0 Å². The second-order valence-electron chi connectivity index (χ2n) is 7.55. The lowest BCUT2D eigenvalue weighted by molar-refractivity contribution is 0.0157. The summed E-state index contributed by atoms with van der Waals surface area (Å²) < 4.78 is 0. The Labute approximate surface area is 121 Å². The Morgan fingerprint density at radius 2 is 1.58 bits per heavy atom. The Hall–Kier alpha value is -0.720. The molecule has 19 heavy (non-hydrogen) atoms. The van der Waals surface area contributed by atoms with Gasteiger partial charge in [0.05, 0.1) is 0 Å². The van der Waals surface area contributed by atoms with Gasteiger partial charge in [0, 0.05) is 16.8 Å². The molecular weight excluding hydrogens is 230 g/mol. The summed E-state index contributed by atoms with van der Waals surface area (Å²) in [6.07, 6.45) is 5.38. The van der Waals surface area contributed by atoms with Gasteiger partial charge in [-0.25, -0.2) is 0 Å². The number of allylic oxidation sites excluding steroid dienone is 2. The Morgan fingerprint density at radius 1 is 1.11 bits per heavy atom. The van der Waals surface area contributed by atoms with Crippen molar-refractivity contribution in [2.75, 3.05) is 0 Å². The van der Waals surface area contributed by atoms with Crippen molar-refractivity contribution in [3.8, 4) is 0 Å². The van der Waals surface area contributed by atoms with E-state index in [1.165, 1.54) is 6.42 Å². The van der Waals surface area contributed by atoms with Crippen LogP contribution in [-0.4, -0.2) is 16.0 Å². The molecule has 0 bridgehead atoms. The van der Waals surface area contributed by atoms with Crippen LogP contribution in [0.5, 0.6) is 0 Å². The fraction of sp³-hybridized carbons (Fsp3) is 0.778. The highest BCUT2D eigenvalue weighted by Gasteiger charge is 2.39. The molecular formula is C18H35N. The molecule has 0 N–H and O–H groups in total. The molecule has 0 unspecified atom stereocenters. The fourth-order valence-corrected chi connectivity index (χ4v) is 3.15. The SMILES string of the molecule is C=C(/C=C/C)N(C(C)(C)CC(C)C)C(C)(C)C(C)C. The van der Waals surface area contributed by atoms with Crippen molar-refractivity contribution >= 4 is 0 Å². The highest BCUT2D eigenvalue weighted by Crippen LogP contribution is 2.37. The third kappa shape index (κ3) is 4.71. The predicted octanol–water partition coefficient (Wildman–Crippen LogP) is 5.64. The van der Waals surface area contributed by atoms with Crippen molar-refractivity contribution in [1.29, 1.82) is 0 Å². The van der Waals surface area contributed by atoms with E-state index in [0.29, 0.717) is 11.8 Å². The van der Waals surface area contributed by atoms with Gasteiger partial charge in [-0.2, -0.15) is 0 Å². The lowest BCUT2D eigenvalue weighted by Gasteiger charge is -2.53. The molecule has 0 amide bonds. The van der Waals surface area contributed by atoms with E-state index in [9.17, 15) is 0 Å². The highest BCUT2D eigenvalue weighted by atomic mass is 15.3. The highest BCUT2D eigenvalue weighted by molar-refractivity contribution is 5.19. The number of hydrogen-bond acceptors (Lipinski definition) is 1. The number of nitrogens with zero attached hydrogens (tertiary/aromatic N) is 1. The zero-order valence-electron chi connectivity index (χ0n) is 14.7. The second kappa shape index (κ2) is 6.63. The van der Waals surface area contributed by atoms with Gasteiger partial charge in [0.2, 0.25) is 0 Å². The molecule has 0 atom stereocenters. The Bertz CT molecular complexity index is 319. The second-order valence-corrected chi connectivity index (χ2v) is 7.55. The Kier molecular flexibility index (Phi) is 6.38. The van der Waals surface area contributed by atoms with Crippen LogP contribution in [0.3, 0.4) is 0 Å². The average molecular weight is 265 g/mol. The summed E-state index contributed by atoms with van der Waals surface area (Å²) in [6.45, 7) is 24.9. The average Bonchev–Trinajstić information content (AvgIpc) is 2.13. The molecule has 0 saturated carbocycles. The molecule has 0 saturated heterocycles. The van der Waals surface area contributed by atoms with Gasteiger partial charge in [-0.1, -0.05) is 40.3 Å². The van der Waals surface area contributed by atoms with Crippen LogP contribution in [0, 0.1) is 11.8 Å². The van der Waals surface area contributed by atoms with E-state index in [0.717, 1.165) is 5.70 Å². The maximum absolute atomic E-state index is 4.31. The van der Waals surface area contributed by atoms with Gasteiger partial charge in [-0.3, -0.25) is 0 Å². The molecule has 0 aromatic rings. The van der Waals surface area contributed by atoms with Crippen molar-refractivity contribution in [2.45, 2.75) is 79.8 Å². The van der Waals surface area contributed by atoms with Gasteiger partial charge in [-0.05, 0) is 59.0 Å². The smallest absolute Gasteiger partial charge is 0.0374 e. The van der Waals surface area contributed by atoms with Crippen LogP contribution in [0.15, 0.2) is 24.4 Å². The third-order valence-electron chi connectivity index (χ3n) is 4.15. The van der Waals surface area contributed by atoms with Gasteiger partial charge in [0.25, 0.3) is 0 Å². The molecule has 0 fully saturated rings. The van der Waals surface area contributed by atoms with Crippen LogP contribution >= 0.6 is 0 Å². The Morgan fingerprint density at radius 3 is 1.89 bits per heavy atom. The number of hydrogen-bond donors (Lipinski definition) is 0. The van der Waals surface area contributed by atoms with E-state index in [4.69, 9.17) is 0 Å². The molecule has 0 spiro atoms. The van der Waals surface area contributed by atoms with Gasteiger partial charge in [-0.15, -0.1) is 0 Å². The molecule has 0 aliphatic heterocycles. The van der Waals surface area contributed by atoms with Gasteiger partial charge >= 0.3 is 0 Å². The summed E-state index contributed by atoms with van der Waals surface area (Å²) in [6, 6.07) is 0. The fourth-order valence-electron chi connectivity index (χ4n) is 3.15. The van der Waals surface area contributed by atoms with Gasteiger partial charge in [0.1, 0.15) is 0 Å². The lowest BCUT2D eigenvalue weighted by atomic mass is 9.80. The molecule has 1 nitrogen and oxygen atoms in total. The summed E-state index contributed by atoms with van der Waals surface area (Å²) in [5, 5.41) is 0. The number of rotatable bonds is 7. The maximum atomic E-state index is 4.31. The molecule has 0 rings (SSSR count). The molecule has 1 heteroatoms. The Balaban J connectivity index is 5.59. The van der Waals surface area contributed by atoms with Crippen LogP contribution in [-0.2, 0) is 0 Å². The van der Waals surface area contributed by atoms with E-state index in [-0.39, 0.29) is 11.1 Å². The van der Waals surface area contributed by atoms with E-state index < -0.39 is 0 Å². The van der Waals surface area contributed by atoms with E-state index in [1.54, 1.807) is 0 Å². The van der Waals surface area contributed by atoms with Crippen molar-refractivity contribution in [3.05, 3.63) is 24.4 Å². The lowest BCUT2D eigenvalue weighted by Crippen LogP contribution is -2.57. The summed E-state index contributed by atoms with van der Waals surface area (Å²) >= 11 is 0. The van der Waals surface area contributed by atoms with Crippen LogP contribution < -0.4 is 0 Å². The summed E-state index contributed by atoms with van der Waals surface area (Å²) in [7, 11) is 0. The van der Waals surface area contributed by atoms with Crippen LogP contribution in [0.1, 0.15) is 68.7 Å². The predicted molar refractivity (Wildman–Crippen MR) is 88.2 cm³/mol. The summed E-state index contributed by atoms with van der Waals surface area (Å²) in [5.74, 6) is 1.25. The zero-order chi connectivity index (χ0) is 15.4. The first-order chi connectivity index (χ1) is 8.46. The molecule has 0 aromatic carbocycles. The minimum atomic E-state index is 0.0922. The van der Waals surface area contributed by atoms with Crippen LogP contribution in [0.2, 0.25) is 0 Å². The van der Waals surface area contributed by atoms with Gasteiger partial charge in [0.15, 0.2) is 0 Å². The zero-order valence-corrected chi connectivity index (χ0v) is 14.7. The topological polar surface area (TPSA) is 3.24 Å². The van der Waals surface area contributed by atoms with Crippen molar-refractivity contribution in [2.24, 2.45) is 11.8 Å². The standard InChI is InChI=1S/C18H35N/c1-11-12-16(6)19(18(9,10)15(4)5)17(7,8)13-14(2)3/h11-12,14-15H,6,13H2,1-5,7-10H3/b12-11+. The van der Waals surface area contributed by atoms with Crippen molar-refractivity contribution in [3.63, 3.8) is 0 Å². The molecule has 0 aliphatic carbocycles. The van der Waals surface area contributed by atoms with E-state index in [1.807, 2.05) is 0 Å². The quantitative estimate of drug-likeness (QED) is 0.539. The van der Waals surface area contributed by atoms with Gasteiger partial charge < -0.3 is 4.90 Å². The normalized spacial score (nSPS) is 13.6. The largest absolute Gasteiger partial charge is 0.362 e. The van der Waals surface area contributed by atoms with Crippen LogP contribution in [0.4, 0.5) is 0 Å². The van der Waals surface area contributed by atoms with E-state index in [2.05, 4.69) is 85.9 Å². The first-order valence-electron chi connectivity index (χ1n) is 7.58. The third-order valence-corrected chi connectivity index (χ3v) is 4.15. The van der Waals surface area contributed by atoms with E-state index >= 15 is 0 Å². The minimum absolute atomic E-state index is 0.0922. The summed E-state index contributed by atoms with van der Waals surface area (Å²) in [4.78, 5) is 2.52.